The monoisotopic (exact) mass is 307 g/mol. The van der Waals surface area contributed by atoms with E-state index in [2.05, 4.69) is 30.8 Å². The molecule has 0 spiro atoms. The van der Waals surface area contributed by atoms with Crippen LogP contribution in [0.2, 0.25) is 0 Å². The number of carbonyl (C=O) groups is 1. The van der Waals surface area contributed by atoms with Crippen LogP contribution >= 0.6 is 9.07 Å². The molecule has 0 heterocycles. The van der Waals surface area contributed by atoms with Gasteiger partial charge in [0.1, 0.15) is 6.61 Å². The second kappa shape index (κ2) is 12.2. The van der Waals surface area contributed by atoms with E-state index in [1.54, 1.807) is 6.92 Å². The molecule has 0 radical (unpaired) electrons. The van der Waals surface area contributed by atoms with Crippen molar-refractivity contribution in [3.8, 4) is 0 Å². The summed E-state index contributed by atoms with van der Waals surface area (Å²) in [6.45, 7) is 6.28. The van der Waals surface area contributed by atoms with Gasteiger partial charge in [-0.25, -0.2) is 4.79 Å². The summed E-state index contributed by atoms with van der Waals surface area (Å²) < 4.78 is 5.95. The molecular formula is C15H22ClMgNO2. The topological polar surface area (TPSA) is 29.5 Å². The van der Waals surface area contributed by atoms with E-state index < -0.39 is 0 Å². The molecule has 1 aromatic rings. The fraction of sp³-hybridized carbons (Fsp3) is 0.400. The largest absolute Gasteiger partial charge is 0.505 e. The van der Waals surface area contributed by atoms with Gasteiger partial charge in [-0.3, -0.25) is 0 Å². The Kier molecular flexibility index (Phi) is 11.9. The SMILES string of the molecule is C=C(C)C(=O)OCCN(C)C.[Cl][Mg][CH2]c1ccccc1. The van der Waals surface area contributed by atoms with Crippen LogP contribution in [0.25, 0.3) is 0 Å². The molecule has 0 saturated carbocycles. The third-order valence-corrected chi connectivity index (χ3v) is 3.68. The van der Waals surface area contributed by atoms with Gasteiger partial charge in [-0.1, -0.05) is 47.0 Å². The number of esters is 1. The number of carbonyl (C=O) groups excluding carboxylic acids is 1. The van der Waals surface area contributed by atoms with Crippen molar-refractivity contribution in [1.82, 2.24) is 4.90 Å². The molecule has 0 aliphatic carbocycles. The van der Waals surface area contributed by atoms with Gasteiger partial charge >= 0.3 is 25.2 Å². The van der Waals surface area contributed by atoms with Crippen molar-refractivity contribution in [2.24, 2.45) is 0 Å². The summed E-state index contributed by atoms with van der Waals surface area (Å²) in [4.78, 5) is 12.7. The lowest BCUT2D eigenvalue weighted by Crippen LogP contribution is -2.20. The van der Waals surface area contributed by atoms with Crippen molar-refractivity contribution < 1.29 is 9.53 Å². The Labute approximate surface area is 135 Å². The van der Waals surface area contributed by atoms with Gasteiger partial charge in [0.2, 0.25) is 0 Å². The first-order valence-corrected chi connectivity index (χ1v) is 9.68. The van der Waals surface area contributed by atoms with E-state index in [1.807, 2.05) is 25.1 Å². The standard InChI is InChI=1S/C8H15NO2.C7H7.ClH.Mg/c1-7(2)8(10)11-6-5-9(3)4;1-7-5-3-2-4-6-7;;/h1,5-6H2,2-4H3;2-6H,1H2;1H;/q;;;+1/p-1. The van der Waals surface area contributed by atoms with Gasteiger partial charge in [-0.15, -0.1) is 0 Å². The van der Waals surface area contributed by atoms with Crippen LogP contribution in [-0.4, -0.2) is 57.4 Å². The number of halogens is 1. The Morgan fingerprint density at radius 2 is 1.95 bits per heavy atom. The normalized spacial score (nSPS) is 9.25. The number of hydrogen-bond donors (Lipinski definition) is 0. The average molecular weight is 308 g/mol. The number of rotatable bonds is 6. The number of benzene rings is 1. The zero-order valence-electron chi connectivity index (χ0n) is 12.6. The fourth-order valence-electron chi connectivity index (χ4n) is 1.20. The molecule has 0 aliphatic rings. The minimum atomic E-state index is -0.313. The van der Waals surface area contributed by atoms with Crippen molar-refractivity contribution in [2.75, 3.05) is 27.2 Å². The Morgan fingerprint density at radius 1 is 1.35 bits per heavy atom. The van der Waals surface area contributed by atoms with Gasteiger partial charge in [-0.2, -0.15) is 0 Å². The molecule has 0 unspecified atom stereocenters. The molecule has 1 rings (SSSR count). The van der Waals surface area contributed by atoms with Crippen molar-refractivity contribution in [3.63, 3.8) is 0 Å². The van der Waals surface area contributed by atoms with Crippen molar-refractivity contribution in [3.05, 3.63) is 48.0 Å². The maximum absolute atomic E-state index is 10.8. The second-order valence-corrected chi connectivity index (χ2v) is 6.66. The molecule has 0 N–H and O–H groups in total. The molecule has 0 saturated heterocycles. The molecule has 0 aliphatic heterocycles. The summed E-state index contributed by atoms with van der Waals surface area (Å²) in [6.07, 6.45) is 0. The predicted octanol–water partition coefficient (Wildman–Crippen LogP) is 2.71. The lowest BCUT2D eigenvalue weighted by molar-refractivity contribution is -0.139. The van der Waals surface area contributed by atoms with Crippen LogP contribution in [0.4, 0.5) is 0 Å². The highest BCUT2D eigenvalue weighted by Gasteiger charge is 2.01. The molecular weight excluding hydrogens is 286 g/mol. The minimum Gasteiger partial charge on any atom is -0.461 e. The molecule has 1 aromatic carbocycles. The van der Waals surface area contributed by atoms with Gasteiger partial charge in [0.15, 0.2) is 0 Å². The highest BCUT2D eigenvalue weighted by molar-refractivity contribution is 6.93. The lowest BCUT2D eigenvalue weighted by Gasteiger charge is -2.09. The number of hydrogen-bond acceptors (Lipinski definition) is 3. The summed E-state index contributed by atoms with van der Waals surface area (Å²) >= 11 is -0.312. The maximum atomic E-state index is 10.8. The lowest BCUT2D eigenvalue weighted by atomic mass is 10.2. The van der Waals surface area contributed by atoms with Crippen molar-refractivity contribution >= 4 is 34.3 Å². The highest BCUT2D eigenvalue weighted by atomic mass is 35.5. The first-order chi connectivity index (χ1) is 9.47. The van der Waals surface area contributed by atoms with Crippen molar-refractivity contribution in [2.45, 2.75) is 11.5 Å². The third-order valence-electron chi connectivity index (χ3n) is 2.35. The van der Waals surface area contributed by atoms with Crippen LogP contribution in [0.1, 0.15) is 12.5 Å². The number of nitrogens with zero attached hydrogens (tertiary/aromatic N) is 1. The predicted molar refractivity (Wildman–Crippen MR) is 86.1 cm³/mol. The second-order valence-electron chi connectivity index (χ2n) is 4.64. The van der Waals surface area contributed by atoms with E-state index in [1.165, 1.54) is 5.56 Å². The molecule has 5 heteroatoms. The van der Waals surface area contributed by atoms with E-state index in [9.17, 15) is 4.79 Å². The van der Waals surface area contributed by atoms with E-state index in [0.29, 0.717) is 12.2 Å². The molecule has 0 bridgehead atoms. The zero-order valence-corrected chi connectivity index (χ0v) is 14.7. The minimum absolute atomic E-state index is 0.312. The Bertz CT molecular complexity index is 396. The quantitative estimate of drug-likeness (QED) is 0.460. The van der Waals surface area contributed by atoms with Crippen LogP contribution in [0.5, 0.6) is 0 Å². The van der Waals surface area contributed by atoms with E-state index in [0.717, 1.165) is 11.1 Å². The van der Waals surface area contributed by atoms with Crippen LogP contribution in [0.3, 0.4) is 0 Å². The van der Waals surface area contributed by atoms with E-state index in [-0.39, 0.29) is 25.2 Å². The third kappa shape index (κ3) is 11.3. The van der Waals surface area contributed by atoms with Gasteiger partial charge in [-0.05, 0) is 21.0 Å². The van der Waals surface area contributed by atoms with Gasteiger partial charge < -0.3 is 18.7 Å². The first-order valence-electron chi connectivity index (χ1n) is 6.54. The number of ether oxygens (including phenoxy) is 1. The van der Waals surface area contributed by atoms with Crippen LogP contribution in [-0.2, 0) is 14.1 Å². The molecule has 3 nitrogen and oxygen atoms in total. The molecule has 0 amide bonds. The van der Waals surface area contributed by atoms with Crippen LogP contribution in [0, 0.1) is 0 Å². The van der Waals surface area contributed by atoms with E-state index >= 15 is 0 Å². The summed E-state index contributed by atoms with van der Waals surface area (Å²) in [5, 5.41) is 0. The molecule has 108 valence electrons. The molecule has 0 fully saturated rings. The summed E-state index contributed by atoms with van der Waals surface area (Å²) in [5.41, 5.74) is 1.82. The van der Waals surface area contributed by atoms with Crippen LogP contribution < -0.4 is 0 Å². The molecule has 0 aromatic heterocycles. The van der Waals surface area contributed by atoms with Gasteiger partial charge in [0.25, 0.3) is 0 Å². The highest BCUT2D eigenvalue weighted by Crippen LogP contribution is 1.98. The summed E-state index contributed by atoms with van der Waals surface area (Å²) in [6, 6.07) is 10.4. The zero-order chi connectivity index (χ0) is 15.4. The number of likely N-dealkylation sites (N-methyl/N-ethyl adjacent to an activating group) is 1. The molecule has 0 atom stereocenters. The van der Waals surface area contributed by atoms with E-state index in [4.69, 9.17) is 13.8 Å². The van der Waals surface area contributed by atoms with Crippen LogP contribution in [0.15, 0.2) is 42.5 Å². The Morgan fingerprint density at radius 3 is 2.40 bits per heavy atom. The fourth-order valence-corrected chi connectivity index (χ4v) is 2.40. The Balaban J connectivity index is 0.000000367. The maximum Gasteiger partial charge on any atom is 0.505 e. The first kappa shape index (κ1) is 19.4. The average Bonchev–Trinajstić information content (AvgIpc) is 2.40. The summed E-state index contributed by atoms with van der Waals surface area (Å²) in [7, 11) is 9.53. The smallest absolute Gasteiger partial charge is 0.461 e. The summed E-state index contributed by atoms with van der Waals surface area (Å²) in [5.74, 6) is -0.313. The van der Waals surface area contributed by atoms with Crippen molar-refractivity contribution in [1.29, 1.82) is 0 Å². The Hall–Kier alpha value is -0.554. The van der Waals surface area contributed by atoms with Gasteiger partial charge in [0.05, 0.1) is 0 Å². The molecule has 20 heavy (non-hydrogen) atoms. The van der Waals surface area contributed by atoms with Gasteiger partial charge in [0, 0.05) is 12.1 Å².